The van der Waals surface area contributed by atoms with Crippen molar-refractivity contribution >= 4 is 11.6 Å². The van der Waals surface area contributed by atoms with Gasteiger partial charge in [-0.15, -0.1) is 0 Å². The normalized spacial score (nSPS) is 13.7. The van der Waals surface area contributed by atoms with Crippen molar-refractivity contribution in [1.29, 1.82) is 0 Å². The highest BCUT2D eigenvalue weighted by Crippen LogP contribution is 2.38. The van der Waals surface area contributed by atoms with Gasteiger partial charge >= 0.3 is 6.18 Å². The lowest BCUT2D eigenvalue weighted by Gasteiger charge is -2.17. The van der Waals surface area contributed by atoms with E-state index in [2.05, 4.69) is 0 Å². The molecule has 0 aliphatic rings. The van der Waals surface area contributed by atoms with E-state index in [-0.39, 0.29) is 10.8 Å². The van der Waals surface area contributed by atoms with E-state index in [4.69, 9.17) is 21.4 Å². The summed E-state index contributed by atoms with van der Waals surface area (Å²) in [5, 5.41) is 9.14. The Hall–Kier alpha value is -0.940. The molecule has 1 atom stereocenters. The molecule has 0 saturated carbocycles. The second kappa shape index (κ2) is 4.28. The van der Waals surface area contributed by atoms with Gasteiger partial charge in [-0.05, 0) is 18.2 Å². The molecule has 0 unspecified atom stereocenters. The molecule has 6 heteroatoms. The molecule has 0 bridgehead atoms. The maximum Gasteiger partial charge on any atom is 0.418 e. The summed E-state index contributed by atoms with van der Waals surface area (Å²) < 4.78 is 41.4. The SMILES string of the molecule is COc1ccc(Cl)cc1[C@H](O)C(F)(F)F. The molecule has 1 rings (SSSR count). The lowest BCUT2D eigenvalue weighted by molar-refractivity contribution is -0.207. The molecule has 84 valence electrons. The van der Waals surface area contributed by atoms with E-state index in [0.717, 1.165) is 6.07 Å². The number of hydrogen-bond acceptors (Lipinski definition) is 2. The van der Waals surface area contributed by atoms with Crippen LogP contribution in [0.4, 0.5) is 13.2 Å². The number of halogens is 4. The maximum atomic E-state index is 12.2. The third-order valence-corrected chi connectivity index (χ3v) is 2.03. The highest BCUT2D eigenvalue weighted by Gasteiger charge is 2.41. The first kappa shape index (κ1) is 12.1. The number of aliphatic hydroxyl groups excluding tert-OH is 1. The van der Waals surface area contributed by atoms with Crippen LogP contribution in [0.3, 0.4) is 0 Å². The van der Waals surface area contributed by atoms with Crippen LogP contribution in [-0.2, 0) is 0 Å². The fourth-order valence-corrected chi connectivity index (χ4v) is 1.28. The number of ether oxygens (including phenoxy) is 1. The van der Waals surface area contributed by atoms with Gasteiger partial charge in [-0.2, -0.15) is 13.2 Å². The molecule has 1 aromatic carbocycles. The zero-order valence-electron chi connectivity index (χ0n) is 7.68. The van der Waals surface area contributed by atoms with Gasteiger partial charge in [0.2, 0.25) is 0 Å². The van der Waals surface area contributed by atoms with Crippen molar-refractivity contribution in [3.8, 4) is 5.75 Å². The summed E-state index contributed by atoms with van der Waals surface area (Å²) in [6, 6.07) is 3.68. The number of alkyl halides is 3. The van der Waals surface area contributed by atoms with Gasteiger partial charge in [-0.25, -0.2) is 0 Å². The van der Waals surface area contributed by atoms with E-state index >= 15 is 0 Å². The van der Waals surface area contributed by atoms with Gasteiger partial charge in [0.25, 0.3) is 0 Å². The van der Waals surface area contributed by atoms with Crippen LogP contribution in [0.1, 0.15) is 11.7 Å². The monoisotopic (exact) mass is 240 g/mol. The second-order valence-electron chi connectivity index (χ2n) is 2.83. The van der Waals surface area contributed by atoms with Gasteiger partial charge < -0.3 is 9.84 Å². The Morgan fingerprint density at radius 2 is 2.00 bits per heavy atom. The molecule has 1 N–H and O–H groups in total. The van der Waals surface area contributed by atoms with E-state index < -0.39 is 17.8 Å². The first-order chi connectivity index (χ1) is 6.86. The van der Waals surface area contributed by atoms with Crippen molar-refractivity contribution in [2.24, 2.45) is 0 Å². The summed E-state index contributed by atoms with van der Waals surface area (Å²) in [7, 11) is 1.22. The molecule has 0 heterocycles. The molecule has 0 amide bonds. The van der Waals surface area contributed by atoms with Gasteiger partial charge in [0.05, 0.1) is 7.11 Å². The quantitative estimate of drug-likeness (QED) is 0.861. The van der Waals surface area contributed by atoms with Crippen LogP contribution in [0.25, 0.3) is 0 Å². The van der Waals surface area contributed by atoms with Crippen LogP contribution >= 0.6 is 11.6 Å². The van der Waals surface area contributed by atoms with Gasteiger partial charge in [-0.3, -0.25) is 0 Å². The molecule has 0 aliphatic carbocycles. The summed E-state index contributed by atoms with van der Waals surface area (Å²) >= 11 is 5.53. The van der Waals surface area contributed by atoms with Crippen molar-refractivity contribution in [3.63, 3.8) is 0 Å². The fraction of sp³-hybridized carbons (Fsp3) is 0.333. The summed E-state index contributed by atoms with van der Waals surface area (Å²) in [5.41, 5.74) is -0.391. The van der Waals surface area contributed by atoms with Crippen molar-refractivity contribution in [2.75, 3.05) is 7.11 Å². The summed E-state index contributed by atoms with van der Waals surface area (Å²) in [5.74, 6) is -0.0516. The molecular formula is C9H8ClF3O2. The first-order valence-electron chi connectivity index (χ1n) is 3.94. The Balaban J connectivity index is 3.17. The van der Waals surface area contributed by atoms with Crippen LogP contribution in [0.5, 0.6) is 5.75 Å². The molecule has 0 fully saturated rings. The highest BCUT2D eigenvalue weighted by molar-refractivity contribution is 6.30. The van der Waals surface area contributed by atoms with E-state index in [1.54, 1.807) is 0 Å². The molecular weight excluding hydrogens is 233 g/mol. The van der Waals surface area contributed by atoms with Gasteiger partial charge in [0.1, 0.15) is 5.75 Å². The Morgan fingerprint density at radius 3 is 2.47 bits per heavy atom. The van der Waals surface area contributed by atoms with E-state index in [1.807, 2.05) is 0 Å². The summed E-state index contributed by atoms with van der Waals surface area (Å²) in [4.78, 5) is 0. The third kappa shape index (κ3) is 2.76. The maximum absolute atomic E-state index is 12.2. The Labute approximate surface area is 89.2 Å². The lowest BCUT2D eigenvalue weighted by atomic mass is 10.1. The van der Waals surface area contributed by atoms with Crippen LogP contribution in [0.2, 0.25) is 5.02 Å². The average Bonchev–Trinajstić information content (AvgIpc) is 2.15. The Morgan fingerprint density at radius 1 is 1.40 bits per heavy atom. The molecule has 15 heavy (non-hydrogen) atoms. The van der Waals surface area contributed by atoms with Crippen molar-refractivity contribution in [1.82, 2.24) is 0 Å². The molecule has 0 aromatic heterocycles. The Bertz CT molecular complexity index is 352. The van der Waals surface area contributed by atoms with E-state index in [1.165, 1.54) is 19.2 Å². The molecule has 0 spiro atoms. The summed E-state index contributed by atoms with van der Waals surface area (Å²) in [6.45, 7) is 0. The van der Waals surface area contributed by atoms with Crippen LogP contribution in [0, 0.1) is 0 Å². The zero-order chi connectivity index (χ0) is 11.6. The predicted octanol–water partition coefficient (Wildman–Crippen LogP) is 2.94. The van der Waals surface area contributed by atoms with E-state index in [0.29, 0.717) is 0 Å². The van der Waals surface area contributed by atoms with Crippen molar-refractivity contribution in [2.45, 2.75) is 12.3 Å². The minimum absolute atomic E-state index is 0.0516. The molecule has 1 aromatic rings. The number of rotatable bonds is 2. The zero-order valence-corrected chi connectivity index (χ0v) is 8.43. The van der Waals surface area contributed by atoms with E-state index in [9.17, 15) is 13.2 Å². The molecule has 2 nitrogen and oxygen atoms in total. The molecule has 0 aliphatic heterocycles. The van der Waals surface area contributed by atoms with Crippen molar-refractivity contribution in [3.05, 3.63) is 28.8 Å². The van der Waals surface area contributed by atoms with Crippen molar-refractivity contribution < 1.29 is 23.0 Å². The minimum Gasteiger partial charge on any atom is -0.496 e. The standard InChI is InChI=1S/C9H8ClF3O2/c1-15-7-3-2-5(10)4-6(7)8(14)9(11,12)13/h2-4,8,14H,1H3/t8-/m0/s1. The fourth-order valence-electron chi connectivity index (χ4n) is 1.10. The van der Waals surface area contributed by atoms with Gasteiger partial charge in [-0.1, -0.05) is 11.6 Å². The molecule has 0 radical (unpaired) electrons. The summed E-state index contributed by atoms with van der Waals surface area (Å²) in [6.07, 6.45) is -7.33. The topological polar surface area (TPSA) is 29.5 Å². The van der Waals surface area contributed by atoms with Crippen LogP contribution in [0.15, 0.2) is 18.2 Å². The average molecular weight is 241 g/mol. The van der Waals surface area contributed by atoms with Gasteiger partial charge in [0, 0.05) is 10.6 Å². The van der Waals surface area contributed by atoms with Crippen LogP contribution in [-0.4, -0.2) is 18.4 Å². The molecule has 0 saturated heterocycles. The third-order valence-electron chi connectivity index (χ3n) is 1.80. The number of hydrogen-bond donors (Lipinski definition) is 1. The van der Waals surface area contributed by atoms with Crippen LogP contribution < -0.4 is 4.74 Å². The largest absolute Gasteiger partial charge is 0.496 e. The smallest absolute Gasteiger partial charge is 0.418 e. The Kier molecular flexibility index (Phi) is 3.46. The van der Waals surface area contributed by atoms with Gasteiger partial charge in [0.15, 0.2) is 6.10 Å². The first-order valence-corrected chi connectivity index (χ1v) is 4.32. The highest BCUT2D eigenvalue weighted by atomic mass is 35.5. The second-order valence-corrected chi connectivity index (χ2v) is 3.27. The number of methoxy groups -OCH3 is 1. The minimum atomic E-state index is -4.74. The lowest BCUT2D eigenvalue weighted by Crippen LogP contribution is -2.20. The number of benzene rings is 1. The number of aliphatic hydroxyl groups is 1. The predicted molar refractivity (Wildman–Crippen MR) is 49.0 cm³/mol.